The van der Waals surface area contributed by atoms with E-state index in [0.29, 0.717) is 12.5 Å². The first-order valence-corrected chi connectivity index (χ1v) is 7.13. The van der Waals surface area contributed by atoms with Gasteiger partial charge in [-0.15, -0.1) is 24.0 Å². The first kappa shape index (κ1) is 19.9. The molecule has 7 heteroatoms. The predicted octanol–water partition coefficient (Wildman–Crippen LogP) is 1.13. The third-order valence-electron chi connectivity index (χ3n) is 2.80. The average Bonchev–Trinajstić information content (AvgIpc) is 2.91. The summed E-state index contributed by atoms with van der Waals surface area (Å²) in [5.74, 6) is 0.501. The molecule has 0 bridgehead atoms. The molecule has 120 valence electrons. The van der Waals surface area contributed by atoms with Crippen molar-refractivity contribution in [2.24, 2.45) is 10.7 Å². The highest BCUT2D eigenvalue weighted by Crippen LogP contribution is 2.07. The molecule has 0 aromatic rings. The van der Waals surface area contributed by atoms with Crippen LogP contribution in [0.1, 0.15) is 26.2 Å². The van der Waals surface area contributed by atoms with Crippen LogP contribution >= 0.6 is 24.0 Å². The third-order valence-corrected chi connectivity index (χ3v) is 2.80. The number of ether oxygens (including phenoxy) is 3. The van der Waals surface area contributed by atoms with Gasteiger partial charge in [-0.2, -0.15) is 0 Å². The molecule has 1 rings (SSSR count). The highest BCUT2D eigenvalue weighted by atomic mass is 127. The van der Waals surface area contributed by atoms with Crippen molar-refractivity contribution in [2.45, 2.75) is 32.3 Å². The Kier molecular flexibility index (Phi) is 13.8. The molecule has 1 fully saturated rings. The molecule has 6 nitrogen and oxygen atoms in total. The summed E-state index contributed by atoms with van der Waals surface area (Å²) < 4.78 is 16.1. The topological polar surface area (TPSA) is 78.1 Å². The van der Waals surface area contributed by atoms with Crippen molar-refractivity contribution < 1.29 is 14.2 Å². The van der Waals surface area contributed by atoms with Gasteiger partial charge in [0, 0.05) is 39.5 Å². The molecule has 1 unspecified atom stereocenters. The highest BCUT2D eigenvalue weighted by molar-refractivity contribution is 14.0. The van der Waals surface area contributed by atoms with E-state index >= 15 is 0 Å². The number of hydrogen-bond acceptors (Lipinski definition) is 4. The molecule has 0 aromatic heterocycles. The number of nitrogens with zero attached hydrogens (tertiary/aromatic N) is 1. The number of nitrogens with one attached hydrogen (secondary N) is 1. The molecule has 0 saturated carbocycles. The second-order valence-electron chi connectivity index (χ2n) is 4.45. The van der Waals surface area contributed by atoms with E-state index in [4.69, 9.17) is 19.9 Å². The van der Waals surface area contributed by atoms with Crippen molar-refractivity contribution >= 4 is 29.9 Å². The fourth-order valence-electron chi connectivity index (χ4n) is 1.75. The van der Waals surface area contributed by atoms with Crippen molar-refractivity contribution in [1.82, 2.24) is 5.32 Å². The highest BCUT2D eigenvalue weighted by Gasteiger charge is 2.15. The minimum atomic E-state index is 0. The predicted molar refractivity (Wildman–Crippen MR) is 90.8 cm³/mol. The van der Waals surface area contributed by atoms with Crippen LogP contribution in [-0.2, 0) is 14.2 Å². The molecule has 20 heavy (non-hydrogen) atoms. The Hall–Kier alpha value is -0.120. The summed E-state index contributed by atoms with van der Waals surface area (Å²) in [5, 5.41) is 3.07. The van der Waals surface area contributed by atoms with Crippen LogP contribution in [0.15, 0.2) is 4.99 Å². The summed E-state index contributed by atoms with van der Waals surface area (Å²) in [6.07, 6.45) is 3.12. The van der Waals surface area contributed by atoms with Gasteiger partial charge in [0.2, 0.25) is 0 Å². The van der Waals surface area contributed by atoms with Crippen LogP contribution in [0.4, 0.5) is 0 Å². The zero-order valence-electron chi connectivity index (χ0n) is 12.3. The van der Waals surface area contributed by atoms with E-state index in [9.17, 15) is 0 Å². The van der Waals surface area contributed by atoms with Gasteiger partial charge in [-0.25, -0.2) is 0 Å². The van der Waals surface area contributed by atoms with Crippen LogP contribution in [0.3, 0.4) is 0 Å². The fraction of sp³-hybridized carbons (Fsp3) is 0.923. The van der Waals surface area contributed by atoms with Gasteiger partial charge in [-0.3, -0.25) is 4.99 Å². The standard InChI is InChI=1S/C13H27N3O3.HI/c1-2-17-8-3-6-15-13(14)16-7-4-9-19-12-5-10-18-11-12;/h12H,2-11H2,1H3,(H3,14,15,16);1H. The summed E-state index contributed by atoms with van der Waals surface area (Å²) in [5.41, 5.74) is 5.73. The number of rotatable bonds is 10. The first-order valence-electron chi connectivity index (χ1n) is 7.13. The van der Waals surface area contributed by atoms with Crippen LogP contribution in [0.25, 0.3) is 0 Å². The minimum Gasteiger partial charge on any atom is -0.382 e. The van der Waals surface area contributed by atoms with Gasteiger partial charge in [0.1, 0.15) is 0 Å². The second kappa shape index (κ2) is 13.8. The Morgan fingerprint density at radius 1 is 1.40 bits per heavy atom. The van der Waals surface area contributed by atoms with Crippen molar-refractivity contribution in [3.8, 4) is 0 Å². The van der Waals surface area contributed by atoms with E-state index in [2.05, 4.69) is 10.3 Å². The molecular formula is C13H28IN3O3. The van der Waals surface area contributed by atoms with Crippen LogP contribution in [-0.4, -0.2) is 58.2 Å². The van der Waals surface area contributed by atoms with Gasteiger partial charge in [0.15, 0.2) is 5.96 Å². The number of nitrogens with two attached hydrogens (primary N) is 1. The molecule has 0 amide bonds. The van der Waals surface area contributed by atoms with Crippen LogP contribution in [0.2, 0.25) is 0 Å². The quantitative estimate of drug-likeness (QED) is 0.248. The van der Waals surface area contributed by atoms with Crippen molar-refractivity contribution in [1.29, 1.82) is 0 Å². The zero-order chi connectivity index (χ0) is 13.8. The fourth-order valence-corrected chi connectivity index (χ4v) is 1.75. The lowest BCUT2D eigenvalue weighted by atomic mass is 10.3. The molecule has 1 aliphatic heterocycles. The van der Waals surface area contributed by atoms with Gasteiger partial charge < -0.3 is 25.3 Å². The molecule has 1 aliphatic rings. The molecule has 0 spiro atoms. The van der Waals surface area contributed by atoms with Gasteiger partial charge in [-0.1, -0.05) is 0 Å². The molecule has 1 heterocycles. The Labute approximate surface area is 138 Å². The monoisotopic (exact) mass is 401 g/mol. The molecular weight excluding hydrogens is 373 g/mol. The Morgan fingerprint density at radius 2 is 2.25 bits per heavy atom. The summed E-state index contributed by atoms with van der Waals surface area (Å²) >= 11 is 0. The van der Waals surface area contributed by atoms with E-state index in [-0.39, 0.29) is 30.1 Å². The van der Waals surface area contributed by atoms with E-state index in [1.54, 1.807) is 0 Å². The maximum atomic E-state index is 5.73. The smallest absolute Gasteiger partial charge is 0.188 e. The summed E-state index contributed by atoms with van der Waals surface area (Å²) in [7, 11) is 0. The maximum Gasteiger partial charge on any atom is 0.188 e. The number of halogens is 1. The van der Waals surface area contributed by atoms with Crippen LogP contribution < -0.4 is 11.1 Å². The SMILES string of the molecule is CCOCCCN=C(N)NCCCOC1CCOC1.I. The molecule has 0 aromatic carbocycles. The lowest BCUT2D eigenvalue weighted by Crippen LogP contribution is -2.33. The van der Waals surface area contributed by atoms with Crippen LogP contribution in [0, 0.1) is 0 Å². The summed E-state index contributed by atoms with van der Waals surface area (Å²) in [6.45, 7) is 7.26. The van der Waals surface area contributed by atoms with E-state index in [1.807, 2.05) is 6.92 Å². The maximum absolute atomic E-state index is 5.73. The zero-order valence-corrected chi connectivity index (χ0v) is 14.6. The molecule has 0 radical (unpaired) electrons. The van der Waals surface area contributed by atoms with Crippen molar-refractivity contribution in [3.63, 3.8) is 0 Å². The van der Waals surface area contributed by atoms with Gasteiger partial charge in [0.05, 0.1) is 12.7 Å². The molecule has 3 N–H and O–H groups in total. The normalized spacial score (nSPS) is 18.9. The number of hydrogen-bond donors (Lipinski definition) is 2. The molecule has 1 saturated heterocycles. The van der Waals surface area contributed by atoms with Crippen molar-refractivity contribution in [3.05, 3.63) is 0 Å². The Balaban J connectivity index is 0.00000361. The largest absolute Gasteiger partial charge is 0.382 e. The van der Waals surface area contributed by atoms with E-state index in [1.165, 1.54) is 0 Å². The average molecular weight is 401 g/mol. The summed E-state index contributed by atoms with van der Waals surface area (Å²) in [4.78, 5) is 4.21. The van der Waals surface area contributed by atoms with Gasteiger partial charge in [-0.05, 0) is 26.2 Å². The minimum absolute atomic E-state index is 0. The third kappa shape index (κ3) is 10.6. The molecule has 1 atom stereocenters. The number of aliphatic imine (C=N–C) groups is 1. The number of guanidine groups is 1. The first-order chi connectivity index (χ1) is 9.33. The Bertz CT molecular complexity index is 249. The second-order valence-corrected chi connectivity index (χ2v) is 4.45. The molecule has 0 aliphatic carbocycles. The Morgan fingerprint density at radius 3 is 2.95 bits per heavy atom. The van der Waals surface area contributed by atoms with E-state index in [0.717, 1.165) is 58.8 Å². The van der Waals surface area contributed by atoms with Gasteiger partial charge >= 0.3 is 0 Å². The summed E-state index contributed by atoms with van der Waals surface area (Å²) in [6, 6.07) is 0. The lowest BCUT2D eigenvalue weighted by molar-refractivity contribution is 0.0420. The lowest BCUT2D eigenvalue weighted by Gasteiger charge is -2.10. The van der Waals surface area contributed by atoms with Crippen LogP contribution in [0.5, 0.6) is 0 Å². The van der Waals surface area contributed by atoms with Gasteiger partial charge in [0.25, 0.3) is 0 Å². The van der Waals surface area contributed by atoms with Crippen molar-refractivity contribution in [2.75, 3.05) is 46.1 Å². The van der Waals surface area contributed by atoms with E-state index < -0.39 is 0 Å².